The molecule has 1 aromatic carbocycles. The molecule has 0 amide bonds. The molecule has 13 heavy (non-hydrogen) atoms. The van der Waals surface area contributed by atoms with Crippen molar-refractivity contribution in [1.82, 2.24) is 0 Å². The molecule has 1 aromatic rings. The number of phosphoric acid groups is 1. The van der Waals surface area contributed by atoms with Gasteiger partial charge in [-0.2, -0.15) is 0 Å². The molecule has 0 radical (unpaired) electrons. The molecular weight excluding hydrogens is 199 g/mol. The summed E-state index contributed by atoms with van der Waals surface area (Å²) in [6, 6.07) is 5.85. The van der Waals surface area contributed by atoms with E-state index in [1.54, 1.807) is 6.07 Å². The molecule has 74 valence electrons. The monoisotopic (exact) mass is 208 g/mol. The Labute approximate surface area is 74.0 Å². The van der Waals surface area contributed by atoms with E-state index in [0.717, 1.165) is 0 Å². The van der Waals surface area contributed by atoms with Gasteiger partial charge in [-0.3, -0.25) is 0 Å². The highest BCUT2D eigenvalue weighted by molar-refractivity contribution is 7.45. The molecule has 0 fully saturated rings. The van der Waals surface area contributed by atoms with Crippen LogP contribution in [0.25, 0.3) is 0 Å². The highest BCUT2D eigenvalue weighted by Gasteiger charge is 2.00. The zero-order valence-corrected chi connectivity index (χ0v) is 7.30. The van der Waals surface area contributed by atoms with E-state index < -0.39 is 7.82 Å². The van der Waals surface area contributed by atoms with Gasteiger partial charge in [0.2, 0.25) is 0 Å². The molecule has 0 bridgehead atoms. The van der Waals surface area contributed by atoms with Crippen molar-refractivity contribution in [3.63, 3.8) is 0 Å². The van der Waals surface area contributed by atoms with Crippen LogP contribution in [0.15, 0.2) is 24.3 Å². The maximum atomic E-state index is 8.88. The Kier molecular flexibility index (Phi) is 4.44. The first-order chi connectivity index (χ1) is 5.79. The maximum Gasteiger partial charge on any atom is 0.466 e. The third-order valence-electron chi connectivity index (χ3n) is 0.830. The first-order valence-corrected chi connectivity index (χ1v) is 4.62. The molecule has 5 N–H and O–H groups in total. The van der Waals surface area contributed by atoms with E-state index in [4.69, 9.17) is 29.5 Å². The molecule has 0 aliphatic heterocycles. The molecule has 0 aromatic heterocycles. The standard InChI is InChI=1S/C6H6O2.H3O4P/c7-5-2-1-3-6(8)4-5;1-5(2,3)4/h1-4,7-8H;(H3,1,2,3,4). The van der Waals surface area contributed by atoms with Crippen molar-refractivity contribution in [3.05, 3.63) is 24.3 Å². The summed E-state index contributed by atoms with van der Waals surface area (Å²) in [6.45, 7) is 0. The smallest absolute Gasteiger partial charge is 0.466 e. The van der Waals surface area contributed by atoms with E-state index in [1.807, 2.05) is 0 Å². The normalized spacial score (nSPS) is 10.1. The van der Waals surface area contributed by atoms with Gasteiger partial charge < -0.3 is 24.9 Å². The molecule has 0 aliphatic carbocycles. The Hall–Kier alpha value is -1.07. The summed E-state index contributed by atoms with van der Waals surface area (Å²) in [5.41, 5.74) is 0. The van der Waals surface area contributed by atoms with Crippen LogP contribution in [-0.2, 0) is 4.57 Å². The van der Waals surface area contributed by atoms with Crippen LogP contribution in [0.3, 0.4) is 0 Å². The van der Waals surface area contributed by atoms with Crippen molar-refractivity contribution in [1.29, 1.82) is 0 Å². The van der Waals surface area contributed by atoms with Gasteiger partial charge in [-0.25, -0.2) is 4.57 Å². The number of benzene rings is 1. The first kappa shape index (κ1) is 11.9. The Morgan fingerprint density at radius 1 is 1.00 bits per heavy atom. The second-order valence-corrected chi connectivity index (χ2v) is 3.06. The summed E-state index contributed by atoms with van der Waals surface area (Å²) < 4.78 is 8.88. The Morgan fingerprint density at radius 3 is 1.46 bits per heavy atom. The fourth-order valence-corrected chi connectivity index (χ4v) is 0.493. The van der Waals surface area contributed by atoms with Crippen LogP contribution in [0.4, 0.5) is 0 Å². The van der Waals surface area contributed by atoms with Crippen LogP contribution in [0.1, 0.15) is 0 Å². The number of aromatic hydroxyl groups is 2. The molecule has 0 atom stereocenters. The van der Waals surface area contributed by atoms with E-state index in [2.05, 4.69) is 0 Å². The van der Waals surface area contributed by atoms with Crippen LogP contribution in [0.5, 0.6) is 11.5 Å². The predicted molar refractivity (Wildman–Crippen MR) is 44.0 cm³/mol. The van der Waals surface area contributed by atoms with Gasteiger partial charge in [-0.05, 0) is 12.1 Å². The van der Waals surface area contributed by atoms with E-state index in [-0.39, 0.29) is 11.5 Å². The molecule has 0 heterocycles. The van der Waals surface area contributed by atoms with Gasteiger partial charge >= 0.3 is 7.82 Å². The number of phenols is 2. The maximum absolute atomic E-state index is 8.88. The van der Waals surface area contributed by atoms with Gasteiger partial charge in [0.15, 0.2) is 0 Å². The lowest BCUT2D eigenvalue weighted by atomic mass is 10.3. The van der Waals surface area contributed by atoms with Crippen molar-refractivity contribution < 1.29 is 29.5 Å². The SMILES string of the molecule is O=P(O)(O)O.Oc1cccc(O)c1. The van der Waals surface area contributed by atoms with Crippen LogP contribution in [0, 0.1) is 0 Å². The molecule has 0 aliphatic rings. The van der Waals surface area contributed by atoms with Crippen molar-refractivity contribution in [3.8, 4) is 11.5 Å². The molecular formula is C6H9O6P. The topological polar surface area (TPSA) is 118 Å². The van der Waals surface area contributed by atoms with Gasteiger partial charge in [-0.1, -0.05) is 6.07 Å². The minimum atomic E-state index is -4.64. The fourth-order valence-electron chi connectivity index (χ4n) is 0.493. The zero-order valence-electron chi connectivity index (χ0n) is 6.40. The summed E-state index contributed by atoms with van der Waals surface area (Å²) in [5.74, 6) is 0.176. The lowest BCUT2D eigenvalue weighted by Crippen LogP contribution is -1.66. The molecule has 0 unspecified atom stereocenters. The third-order valence-corrected chi connectivity index (χ3v) is 0.830. The van der Waals surface area contributed by atoms with Crippen LogP contribution < -0.4 is 0 Å². The molecule has 0 saturated heterocycles. The third kappa shape index (κ3) is 10.9. The van der Waals surface area contributed by atoms with Gasteiger partial charge in [0.25, 0.3) is 0 Å². The van der Waals surface area contributed by atoms with Gasteiger partial charge in [0.05, 0.1) is 0 Å². The second-order valence-electron chi connectivity index (χ2n) is 2.03. The fraction of sp³-hybridized carbons (Fsp3) is 0. The molecule has 7 heteroatoms. The molecule has 0 saturated carbocycles. The zero-order chi connectivity index (χ0) is 10.5. The van der Waals surface area contributed by atoms with Gasteiger partial charge in [0.1, 0.15) is 11.5 Å². The lowest BCUT2D eigenvalue weighted by Gasteiger charge is -1.89. The summed E-state index contributed by atoms with van der Waals surface area (Å²) >= 11 is 0. The quantitative estimate of drug-likeness (QED) is 0.388. The minimum absolute atomic E-state index is 0.0880. The largest absolute Gasteiger partial charge is 0.508 e. The number of hydrogen-bond acceptors (Lipinski definition) is 3. The van der Waals surface area contributed by atoms with Crippen LogP contribution in [-0.4, -0.2) is 24.9 Å². The van der Waals surface area contributed by atoms with Crippen LogP contribution in [0.2, 0.25) is 0 Å². The van der Waals surface area contributed by atoms with E-state index in [9.17, 15) is 0 Å². The molecule has 6 nitrogen and oxygen atoms in total. The van der Waals surface area contributed by atoms with E-state index in [0.29, 0.717) is 0 Å². The Bertz CT molecular complexity index is 280. The molecule has 1 rings (SSSR count). The van der Waals surface area contributed by atoms with Crippen molar-refractivity contribution in [2.75, 3.05) is 0 Å². The summed E-state index contributed by atoms with van der Waals surface area (Å²) in [7, 11) is -4.64. The second kappa shape index (κ2) is 4.84. The van der Waals surface area contributed by atoms with Gasteiger partial charge in [0, 0.05) is 6.07 Å². The van der Waals surface area contributed by atoms with E-state index >= 15 is 0 Å². The predicted octanol–water partition coefficient (Wildman–Crippen LogP) is 0.169. The lowest BCUT2D eigenvalue weighted by molar-refractivity contribution is 0.275. The Morgan fingerprint density at radius 2 is 1.31 bits per heavy atom. The van der Waals surface area contributed by atoms with Crippen molar-refractivity contribution >= 4 is 7.82 Å². The molecule has 0 spiro atoms. The highest BCUT2D eigenvalue weighted by Crippen LogP contribution is 2.25. The number of rotatable bonds is 0. The highest BCUT2D eigenvalue weighted by atomic mass is 31.2. The van der Waals surface area contributed by atoms with Gasteiger partial charge in [-0.15, -0.1) is 0 Å². The minimum Gasteiger partial charge on any atom is -0.508 e. The average Bonchev–Trinajstić information content (AvgIpc) is 1.81. The Balaban J connectivity index is 0.000000252. The number of hydrogen-bond donors (Lipinski definition) is 5. The average molecular weight is 208 g/mol. The van der Waals surface area contributed by atoms with Crippen molar-refractivity contribution in [2.45, 2.75) is 0 Å². The summed E-state index contributed by atoms with van der Waals surface area (Å²) in [6.07, 6.45) is 0. The summed E-state index contributed by atoms with van der Waals surface area (Å²) in [4.78, 5) is 21.6. The summed E-state index contributed by atoms with van der Waals surface area (Å²) in [5, 5.41) is 17.3. The number of phenolic OH excluding ortho intramolecular Hbond substituents is 2. The van der Waals surface area contributed by atoms with E-state index in [1.165, 1.54) is 18.2 Å². The first-order valence-electron chi connectivity index (χ1n) is 3.05. The van der Waals surface area contributed by atoms with Crippen LogP contribution >= 0.6 is 7.82 Å². The van der Waals surface area contributed by atoms with Crippen molar-refractivity contribution in [2.24, 2.45) is 0 Å².